The molecule has 0 bridgehead atoms. The van der Waals surface area contributed by atoms with Crippen LogP contribution in [0.3, 0.4) is 0 Å². The second kappa shape index (κ2) is 8.25. The Labute approximate surface area is 152 Å². The molecule has 2 aromatic heterocycles. The van der Waals surface area contributed by atoms with Gasteiger partial charge in [0, 0.05) is 37.6 Å². The molecular weight excluding hydrogens is 326 g/mol. The minimum Gasteiger partial charge on any atom is -0.350 e. The van der Waals surface area contributed by atoms with E-state index in [1.165, 1.54) is 10.6 Å². The summed E-state index contributed by atoms with van der Waals surface area (Å²) in [4.78, 5) is 27.9. The highest BCUT2D eigenvalue weighted by atomic mass is 16.2. The van der Waals surface area contributed by atoms with E-state index in [1.54, 1.807) is 24.5 Å². The van der Waals surface area contributed by atoms with Crippen LogP contribution >= 0.6 is 0 Å². The Morgan fingerprint density at radius 2 is 1.88 bits per heavy atom. The van der Waals surface area contributed by atoms with Gasteiger partial charge in [-0.25, -0.2) is 0 Å². The van der Waals surface area contributed by atoms with Gasteiger partial charge in [-0.2, -0.15) is 0 Å². The average Bonchev–Trinajstić information content (AvgIpc) is 2.68. The van der Waals surface area contributed by atoms with E-state index in [0.717, 1.165) is 16.7 Å². The number of carbonyl (C=O) groups is 1. The molecule has 1 N–H and O–H groups in total. The molecule has 0 aliphatic carbocycles. The third kappa shape index (κ3) is 4.45. The molecule has 5 heteroatoms. The van der Waals surface area contributed by atoms with E-state index in [9.17, 15) is 9.59 Å². The van der Waals surface area contributed by atoms with Crippen molar-refractivity contribution in [3.63, 3.8) is 0 Å². The lowest BCUT2D eigenvalue weighted by molar-refractivity contribution is -0.121. The van der Waals surface area contributed by atoms with Crippen LogP contribution in [-0.2, 0) is 11.3 Å². The van der Waals surface area contributed by atoms with Crippen LogP contribution in [0, 0.1) is 0 Å². The first-order chi connectivity index (χ1) is 12.6. The predicted molar refractivity (Wildman–Crippen MR) is 102 cm³/mol. The molecule has 0 radical (unpaired) electrons. The summed E-state index contributed by atoms with van der Waals surface area (Å²) in [7, 11) is 0. The van der Waals surface area contributed by atoms with Crippen molar-refractivity contribution >= 4 is 5.91 Å². The van der Waals surface area contributed by atoms with Crippen LogP contribution in [-0.4, -0.2) is 15.5 Å². The maximum Gasteiger partial charge on any atom is 0.250 e. The summed E-state index contributed by atoms with van der Waals surface area (Å²) < 4.78 is 1.53. The van der Waals surface area contributed by atoms with Crippen molar-refractivity contribution in [1.82, 2.24) is 14.9 Å². The van der Waals surface area contributed by atoms with E-state index in [0.29, 0.717) is 6.54 Å². The van der Waals surface area contributed by atoms with Gasteiger partial charge in [0.05, 0.1) is 6.04 Å². The molecule has 3 rings (SSSR count). The molecule has 26 heavy (non-hydrogen) atoms. The molecule has 1 atom stereocenters. The summed E-state index contributed by atoms with van der Waals surface area (Å²) in [5, 5.41) is 2.98. The number of hydrogen-bond acceptors (Lipinski definition) is 3. The van der Waals surface area contributed by atoms with Crippen LogP contribution in [0.2, 0.25) is 0 Å². The molecule has 0 aliphatic heterocycles. The smallest absolute Gasteiger partial charge is 0.250 e. The van der Waals surface area contributed by atoms with Gasteiger partial charge in [-0.3, -0.25) is 14.6 Å². The average molecular weight is 347 g/mol. The van der Waals surface area contributed by atoms with Gasteiger partial charge in [0.15, 0.2) is 0 Å². The fourth-order valence-corrected chi connectivity index (χ4v) is 2.76. The van der Waals surface area contributed by atoms with Crippen molar-refractivity contribution in [2.24, 2.45) is 0 Å². The fourth-order valence-electron chi connectivity index (χ4n) is 2.76. The zero-order valence-electron chi connectivity index (χ0n) is 14.6. The zero-order chi connectivity index (χ0) is 18.4. The first kappa shape index (κ1) is 17.6. The normalized spacial score (nSPS) is 11.7. The van der Waals surface area contributed by atoms with Crippen LogP contribution in [0.25, 0.3) is 11.1 Å². The molecule has 0 saturated heterocycles. The van der Waals surface area contributed by atoms with Gasteiger partial charge in [0.25, 0.3) is 5.56 Å². The Hall–Kier alpha value is -3.21. The van der Waals surface area contributed by atoms with Gasteiger partial charge in [0.2, 0.25) is 5.91 Å². The van der Waals surface area contributed by atoms with Crippen LogP contribution in [0.4, 0.5) is 0 Å². The van der Waals surface area contributed by atoms with Gasteiger partial charge < -0.3 is 9.88 Å². The maximum absolute atomic E-state index is 12.2. The van der Waals surface area contributed by atoms with E-state index in [-0.39, 0.29) is 23.9 Å². The number of amides is 1. The molecule has 0 fully saturated rings. The number of nitrogens with zero attached hydrogens (tertiary/aromatic N) is 2. The van der Waals surface area contributed by atoms with E-state index in [4.69, 9.17) is 0 Å². The monoisotopic (exact) mass is 347 g/mol. The minimum absolute atomic E-state index is 0.0791. The summed E-state index contributed by atoms with van der Waals surface area (Å²) in [5.74, 6) is -0.0791. The first-order valence-corrected chi connectivity index (χ1v) is 8.58. The Bertz CT molecular complexity index is 918. The maximum atomic E-state index is 12.2. The Morgan fingerprint density at radius 1 is 1.08 bits per heavy atom. The molecule has 0 saturated carbocycles. The van der Waals surface area contributed by atoms with Gasteiger partial charge in [-0.15, -0.1) is 0 Å². The van der Waals surface area contributed by atoms with Crippen molar-refractivity contribution < 1.29 is 4.79 Å². The molecule has 0 aliphatic rings. The summed E-state index contributed by atoms with van der Waals surface area (Å²) in [6.45, 7) is 2.32. The largest absolute Gasteiger partial charge is 0.350 e. The van der Waals surface area contributed by atoms with E-state index >= 15 is 0 Å². The number of aryl methyl sites for hydroxylation is 1. The number of aromatic nitrogens is 2. The van der Waals surface area contributed by atoms with Crippen molar-refractivity contribution in [3.05, 3.63) is 89.1 Å². The minimum atomic E-state index is -0.0991. The second-order valence-electron chi connectivity index (χ2n) is 6.14. The van der Waals surface area contributed by atoms with Gasteiger partial charge in [0.1, 0.15) is 0 Å². The van der Waals surface area contributed by atoms with E-state index in [2.05, 4.69) is 10.3 Å². The summed E-state index contributed by atoms with van der Waals surface area (Å²) >= 11 is 0. The summed E-state index contributed by atoms with van der Waals surface area (Å²) in [6, 6.07) is 16.9. The SMILES string of the molecule is C[C@@H](NC(=O)CCn1ccccc1=O)c1ccc(-c2cccnc2)cc1. The van der Waals surface area contributed by atoms with Crippen molar-refractivity contribution in [1.29, 1.82) is 0 Å². The lowest BCUT2D eigenvalue weighted by atomic mass is 10.0. The Kier molecular flexibility index (Phi) is 5.59. The van der Waals surface area contributed by atoms with Gasteiger partial charge >= 0.3 is 0 Å². The molecule has 1 amide bonds. The van der Waals surface area contributed by atoms with Crippen LogP contribution < -0.4 is 10.9 Å². The number of pyridine rings is 2. The summed E-state index contributed by atoms with van der Waals surface area (Å²) in [5.41, 5.74) is 3.08. The Balaban J connectivity index is 1.57. The van der Waals surface area contributed by atoms with Crippen LogP contribution in [0.1, 0.15) is 24.9 Å². The highest BCUT2D eigenvalue weighted by Crippen LogP contribution is 2.21. The second-order valence-corrected chi connectivity index (χ2v) is 6.14. The molecule has 0 spiro atoms. The van der Waals surface area contributed by atoms with E-state index in [1.807, 2.05) is 49.5 Å². The van der Waals surface area contributed by atoms with Crippen LogP contribution in [0.15, 0.2) is 78.0 Å². The third-order valence-electron chi connectivity index (χ3n) is 4.26. The molecule has 3 aromatic rings. The highest BCUT2D eigenvalue weighted by Gasteiger charge is 2.10. The molecule has 5 nitrogen and oxygen atoms in total. The topological polar surface area (TPSA) is 64.0 Å². The third-order valence-corrected chi connectivity index (χ3v) is 4.26. The van der Waals surface area contributed by atoms with Crippen molar-refractivity contribution in [2.75, 3.05) is 0 Å². The van der Waals surface area contributed by atoms with Crippen molar-refractivity contribution in [2.45, 2.75) is 25.9 Å². The number of hydrogen-bond donors (Lipinski definition) is 1. The molecule has 1 aromatic carbocycles. The zero-order valence-corrected chi connectivity index (χ0v) is 14.6. The van der Waals surface area contributed by atoms with Crippen molar-refractivity contribution in [3.8, 4) is 11.1 Å². The number of rotatable bonds is 6. The predicted octanol–water partition coefficient (Wildman–Crippen LogP) is 3.18. The molecule has 132 valence electrons. The lowest BCUT2D eigenvalue weighted by Crippen LogP contribution is -2.29. The standard InChI is InChI=1S/C21H21N3O2/c1-16(23-20(25)11-14-24-13-3-2-6-21(24)26)17-7-9-18(10-8-17)19-5-4-12-22-15-19/h2-10,12-13,15-16H,11,14H2,1H3,(H,23,25)/t16-/m1/s1. The number of carbonyl (C=O) groups excluding carboxylic acids is 1. The number of nitrogens with one attached hydrogen (secondary N) is 1. The molecule has 0 unspecified atom stereocenters. The van der Waals surface area contributed by atoms with Gasteiger partial charge in [-0.1, -0.05) is 36.4 Å². The highest BCUT2D eigenvalue weighted by molar-refractivity contribution is 5.76. The quantitative estimate of drug-likeness (QED) is 0.745. The first-order valence-electron chi connectivity index (χ1n) is 8.58. The lowest BCUT2D eigenvalue weighted by Gasteiger charge is -2.15. The number of benzene rings is 1. The van der Waals surface area contributed by atoms with Gasteiger partial charge in [-0.05, 0) is 35.7 Å². The molecular formula is C21H21N3O2. The molecule has 2 heterocycles. The Morgan fingerprint density at radius 3 is 2.58 bits per heavy atom. The van der Waals surface area contributed by atoms with E-state index < -0.39 is 0 Å². The fraction of sp³-hybridized carbons (Fsp3) is 0.190. The van der Waals surface area contributed by atoms with Crippen LogP contribution in [0.5, 0.6) is 0 Å². The summed E-state index contributed by atoms with van der Waals surface area (Å²) in [6.07, 6.45) is 5.53.